The third-order valence-electron chi connectivity index (χ3n) is 8.60. The van der Waals surface area contributed by atoms with Gasteiger partial charge in [0, 0.05) is 30.5 Å². The van der Waals surface area contributed by atoms with Crippen molar-refractivity contribution in [3.8, 4) is 0 Å². The van der Waals surface area contributed by atoms with Crippen molar-refractivity contribution in [3.05, 3.63) is 83.9 Å². The molecule has 3 aromatic rings. The molecule has 11 heteroatoms. The zero-order chi connectivity index (χ0) is 33.3. The van der Waals surface area contributed by atoms with Gasteiger partial charge in [-0.2, -0.15) is 0 Å². The van der Waals surface area contributed by atoms with E-state index >= 15 is 0 Å². The van der Waals surface area contributed by atoms with Crippen molar-refractivity contribution in [2.24, 2.45) is 5.92 Å². The maximum Gasteiger partial charge on any atom is 0.289 e. The predicted molar refractivity (Wildman–Crippen MR) is 176 cm³/mol. The van der Waals surface area contributed by atoms with Crippen molar-refractivity contribution in [3.63, 3.8) is 0 Å². The molecule has 3 aromatic carbocycles. The van der Waals surface area contributed by atoms with E-state index < -0.39 is 53.5 Å². The standard InChI is InChI=1S/C36H41N5O6/c1-2-9-28(34(45)40-29(21-24-18-19-37-32(24)43)31(42)36(47)38-25-16-17-25)39-35(46)30(20-22-10-4-3-5-11-22)41-33(44)27-15-8-13-23-12-6-7-14-26(23)27/h3-8,10-15,24-25,28-30H,2,9,16-21H2,1H3,(H,37,43)(H,38,47)(H,39,46)(H,40,45)(H,41,44)/t24-,28-,29-,30+/m0/s1. The van der Waals surface area contributed by atoms with E-state index in [0.29, 0.717) is 24.9 Å². The van der Waals surface area contributed by atoms with Crippen LogP contribution in [0.15, 0.2) is 72.8 Å². The number of amides is 5. The van der Waals surface area contributed by atoms with E-state index in [0.717, 1.165) is 29.2 Å². The molecule has 0 spiro atoms. The van der Waals surface area contributed by atoms with Crippen LogP contribution in [0.25, 0.3) is 10.8 Å². The molecule has 47 heavy (non-hydrogen) atoms. The molecule has 11 nitrogen and oxygen atoms in total. The lowest BCUT2D eigenvalue weighted by molar-refractivity contribution is -0.141. The number of hydrogen-bond acceptors (Lipinski definition) is 6. The van der Waals surface area contributed by atoms with Gasteiger partial charge in [0.2, 0.25) is 23.5 Å². The fourth-order valence-electron chi connectivity index (χ4n) is 5.85. The lowest BCUT2D eigenvalue weighted by atomic mass is 9.95. The molecule has 0 unspecified atom stereocenters. The summed E-state index contributed by atoms with van der Waals surface area (Å²) in [6.45, 7) is 2.30. The van der Waals surface area contributed by atoms with Gasteiger partial charge in [0.05, 0.1) is 6.04 Å². The first-order valence-electron chi connectivity index (χ1n) is 16.3. The van der Waals surface area contributed by atoms with Gasteiger partial charge in [-0.3, -0.25) is 28.8 Å². The van der Waals surface area contributed by atoms with Crippen LogP contribution in [-0.4, -0.2) is 66.0 Å². The zero-order valence-corrected chi connectivity index (χ0v) is 26.4. The highest BCUT2D eigenvalue weighted by Gasteiger charge is 2.37. The van der Waals surface area contributed by atoms with Crippen LogP contribution in [0.5, 0.6) is 0 Å². The molecule has 5 rings (SSSR count). The quantitative estimate of drug-likeness (QED) is 0.160. The third-order valence-corrected chi connectivity index (χ3v) is 8.60. The van der Waals surface area contributed by atoms with Crippen LogP contribution in [0, 0.1) is 5.92 Å². The highest BCUT2D eigenvalue weighted by Crippen LogP contribution is 2.21. The van der Waals surface area contributed by atoms with Gasteiger partial charge in [-0.1, -0.05) is 80.1 Å². The molecule has 2 aliphatic rings. The fourth-order valence-corrected chi connectivity index (χ4v) is 5.85. The van der Waals surface area contributed by atoms with Gasteiger partial charge in [-0.05, 0) is 54.5 Å². The molecule has 1 aliphatic heterocycles. The number of fused-ring (bicyclic) bond motifs is 1. The number of rotatable bonds is 15. The SMILES string of the molecule is CCC[C@H](NC(=O)[C@@H](Cc1ccccc1)NC(=O)c1cccc2ccccc12)C(=O)N[C@@H](C[C@@H]1CCNC1=O)C(=O)C(=O)NC1CC1. The van der Waals surface area contributed by atoms with Crippen LogP contribution in [0.4, 0.5) is 0 Å². The van der Waals surface area contributed by atoms with Crippen LogP contribution in [0.2, 0.25) is 0 Å². The van der Waals surface area contributed by atoms with Crippen molar-refractivity contribution < 1.29 is 28.8 Å². The Hall–Kier alpha value is -5.06. The fraction of sp³-hybridized carbons (Fsp3) is 0.389. The van der Waals surface area contributed by atoms with Crippen LogP contribution < -0.4 is 26.6 Å². The summed E-state index contributed by atoms with van der Waals surface area (Å²) in [7, 11) is 0. The van der Waals surface area contributed by atoms with E-state index in [9.17, 15) is 28.8 Å². The third kappa shape index (κ3) is 8.81. The second kappa shape index (κ2) is 15.5. The highest BCUT2D eigenvalue weighted by molar-refractivity contribution is 6.38. The lowest BCUT2D eigenvalue weighted by Crippen LogP contribution is -2.57. The summed E-state index contributed by atoms with van der Waals surface area (Å²) >= 11 is 0. The Morgan fingerprint density at radius 3 is 2.17 bits per heavy atom. The van der Waals surface area contributed by atoms with E-state index in [1.54, 1.807) is 12.1 Å². The van der Waals surface area contributed by atoms with Gasteiger partial charge < -0.3 is 26.6 Å². The summed E-state index contributed by atoms with van der Waals surface area (Å²) in [6, 6.07) is 18.7. The van der Waals surface area contributed by atoms with Crippen molar-refractivity contribution in [1.29, 1.82) is 0 Å². The largest absolute Gasteiger partial charge is 0.356 e. The summed E-state index contributed by atoms with van der Waals surface area (Å²) < 4.78 is 0. The van der Waals surface area contributed by atoms with E-state index in [1.807, 2.05) is 67.6 Å². The van der Waals surface area contributed by atoms with E-state index in [-0.39, 0.29) is 31.2 Å². The Bertz CT molecular complexity index is 1630. The molecule has 1 saturated heterocycles. The van der Waals surface area contributed by atoms with Crippen molar-refractivity contribution in [1.82, 2.24) is 26.6 Å². The first-order valence-corrected chi connectivity index (χ1v) is 16.3. The molecule has 4 atom stereocenters. The number of carbonyl (C=O) groups excluding carboxylic acids is 6. The molecule has 1 saturated carbocycles. The molecular weight excluding hydrogens is 598 g/mol. The Balaban J connectivity index is 1.33. The van der Waals surface area contributed by atoms with E-state index in [1.165, 1.54) is 0 Å². The minimum atomic E-state index is -1.24. The van der Waals surface area contributed by atoms with Crippen LogP contribution >= 0.6 is 0 Å². The summed E-state index contributed by atoms with van der Waals surface area (Å²) in [6.07, 6.45) is 2.96. The van der Waals surface area contributed by atoms with Gasteiger partial charge in [0.25, 0.3) is 11.8 Å². The smallest absolute Gasteiger partial charge is 0.289 e. The number of ketones is 1. The molecule has 0 bridgehead atoms. The molecule has 1 heterocycles. The van der Waals surface area contributed by atoms with Crippen LogP contribution in [0.3, 0.4) is 0 Å². The maximum atomic E-state index is 13.9. The number of benzene rings is 3. The van der Waals surface area contributed by atoms with E-state index in [2.05, 4.69) is 26.6 Å². The molecule has 246 valence electrons. The average Bonchev–Trinajstić information content (AvgIpc) is 3.81. The Morgan fingerprint density at radius 2 is 1.47 bits per heavy atom. The summed E-state index contributed by atoms with van der Waals surface area (Å²) in [5.41, 5.74) is 1.23. The summed E-state index contributed by atoms with van der Waals surface area (Å²) in [5, 5.41) is 15.4. The molecule has 1 aliphatic carbocycles. The number of carbonyl (C=O) groups is 6. The second-order valence-corrected chi connectivity index (χ2v) is 12.3. The van der Waals surface area contributed by atoms with Gasteiger partial charge in [0.15, 0.2) is 0 Å². The van der Waals surface area contributed by atoms with Gasteiger partial charge >= 0.3 is 0 Å². The lowest BCUT2D eigenvalue weighted by Gasteiger charge is -2.26. The molecule has 0 radical (unpaired) electrons. The van der Waals surface area contributed by atoms with Gasteiger partial charge in [0.1, 0.15) is 12.1 Å². The molecule has 5 N–H and O–H groups in total. The van der Waals surface area contributed by atoms with Crippen LogP contribution in [-0.2, 0) is 30.4 Å². The summed E-state index contributed by atoms with van der Waals surface area (Å²) in [5.74, 6) is -4.03. The predicted octanol–water partition coefficient (Wildman–Crippen LogP) is 2.32. The number of nitrogens with one attached hydrogen (secondary N) is 5. The van der Waals surface area contributed by atoms with Crippen molar-refractivity contribution in [2.75, 3.05) is 6.54 Å². The van der Waals surface area contributed by atoms with Gasteiger partial charge in [-0.15, -0.1) is 0 Å². The molecular formula is C36H41N5O6. The molecule has 2 fully saturated rings. The first kappa shape index (κ1) is 33.3. The minimum Gasteiger partial charge on any atom is -0.356 e. The zero-order valence-electron chi connectivity index (χ0n) is 26.4. The maximum absolute atomic E-state index is 13.9. The average molecular weight is 640 g/mol. The highest BCUT2D eigenvalue weighted by atomic mass is 16.2. The molecule has 0 aromatic heterocycles. The van der Waals surface area contributed by atoms with Crippen LogP contribution in [0.1, 0.15) is 61.4 Å². The monoisotopic (exact) mass is 639 g/mol. The number of hydrogen-bond donors (Lipinski definition) is 5. The Morgan fingerprint density at radius 1 is 0.787 bits per heavy atom. The Labute approximate surface area is 273 Å². The topological polar surface area (TPSA) is 163 Å². The number of Topliss-reactive ketones (excluding diaryl/α,β-unsaturated/α-hetero) is 1. The first-order chi connectivity index (χ1) is 22.7. The van der Waals surface area contributed by atoms with Crippen molar-refractivity contribution >= 4 is 46.1 Å². The normalized spacial score (nSPS) is 17.6. The van der Waals surface area contributed by atoms with E-state index in [4.69, 9.17) is 0 Å². The Kier molecular flexibility index (Phi) is 11.0. The molecule has 5 amide bonds. The second-order valence-electron chi connectivity index (χ2n) is 12.3. The minimum absolute atomic E-state index is 0.0288. The van der Waals surface area contributed by atoms with Crippen molar-refractivity contribution in [2.45, 2.75) is 76.0 Å². The van der Waals surface area contributed by atoms with Gasteiger partial charge in [-0.25, -0.2) is 0 Å². The summed E-state index contributed by atoms with van der Waals surface area (Å²) in [4.78, 5) is 79.3.